The van der Waals surface area contributed by atoms with Crippen molar-refractivity contribution in [1.82, 2.24) is 15.2 Å². The first-order valence-corrected chi connectivity index (χ1v) is 10.4. The van der Waals surface area contributed by atoms with Crippen molar-refractivity contribution >= 4 is 28.4 Å². The van der Waals surface area contributed by atoms with Crippen molar-refractivity contribution in [3.05, 3.63) is 35.3 Å². The van der Waals surface area contributed by atoms with Crippen LogP contribution in [-0.2, 0) is 4.79 Å². The molecule has 2 aromatic rings. The standard InChI is InChI=1S/C20H26N4O4S/c1-13(16-7-6-15(27-2)11-17(16)28-3)22-20(26)24-9-4-5-14(12-24)18(25)23-19-21-8-10-29-19/h6-8,10-11,13-14H,4-5,9,12H2,1-3H3,(H,22,26)(H,21,23,25). The Morgan fingerprint density at radius 1 is 1.31 bits per heavy atom. The Hall–Kier alpha value is -2.81. The number of urea groups is 1. The molecule has 1 aliphatic heterocycles. The van der Waals surface area contributed by atoms with Gasteiger partial charge in [-0.25, -0.2) is 9.78 Å². The van der Waals surface area contributed by atoms with Crippen LogP contribution in [0.3, 0.4) is 0 Å². The number of nitrogens with one attached hydrogen (secondary N) is 2. The number of thiazole rings is 1. The van der Waals surface area contributed by atoms with Gasteiger partial charge in [-0.3, -0.25) is 4.79 Å². The summed E-state index contributed by atoms with van der Waals surface area (Å²) in [6.45, 7) is 2.91. The van der Waals surface area contributed by atoms with Gasteiger partial charge in [0.2, 0.25) is 5.91 Å². The minimum atomic E-state index is -0.257. The summed E-state index contributed by atoms with van der Waals surface area (Å²) in [5.74, 6) is 0.997. The monoisotopic (exact) mass is 418 g/mol. The van der Waals surface area contributed by atoms with Crippen molar-refractivity contribution in [2.45, 2.75) is 25.8 Å². The molecular formula is C20H26N4O4S. The van der Waals surface area contributed by atoms with Crippen LogP contribution >= 0.6 is 11.3 Å². The fourth-order valence-corrected chi connectivity index (χ4v) is 3.93. The molecular weight excluding hydrogens is 392 g/mol. The van der Waals surface area contributed by atoms with E-state index in [9.17, 15) is 9.59 Å². The summed E-state index contributed by atoms with van der Waals surface area (Å²) in [6, 6.07) is 5.05. The highest BCUT2D eigenvalue weighted by molar-refractivity contribution is 7.13. The van der Waals surface area contributed by atoms with Gasteiger partial charge in [0.25, 0.3) is 0 Å². The van der Waals surface area contributed by atoms with Crippen molar-refractivity contribution < 1.29 is 19.1 Å². The number of benzene rings is 1. The lowest BCUT2D eigenvalue weighted by Crippen LogP contribution is -2.48. The molecule has 1 saturated heterocycles. The zero-order chi connectivity index (χ0) is 20.8. The lowest BCUT2D eigenvalue weighted by Gasteiger charge is -2.33. The molecule has 1 aliphatic rings. The first-order chi connectivity index (χ1) is 14.0. The molecule has 2 N–H and O–H groups in total. The van der Waals surface area contributed by atoms with Gasteiger partial charge in [-0.15, -0.1) is 11.3 Å². The summed E-state index contributed by atoms with van der Waals surface area (Å²) in [4.78, 5) is 31.1. The molecule has 2 heterocycles. The summed E-state index contributed by atoms with van der Waals surface area (Å²) >= 11 is 1.38. The van der Waals surface area contributed by atoms with Gasteiger partial charge < -0.3 is 25.0 Å². The molecule has 1 fully saturated rings. The molecule has 3 rings (SSSR count). The second-order valence-electron chi connectivity index (χ2n) is 6.89. The van der Waals surface area contributed by atoms with E-state index in [1.165, 1.54) is 11.3 Å². The van der Waals surface area contributed by atoms with Gasteiger partial charge in [0.1, 0.15) is 11.5 Å². The number of hydrogen-bond acceptors (Lipinski definition) is 6. The number of nitrogens with zero attached hydrogens (tertiary/aromatic N) is 2. The van der Waals surface area contributed by atoms with Crippen molar-refractivity contribution in [1.29, 1.82) is 0 Å². The molecule has 0 saturated carbocycles. The second kappa shape index (κ2) is 9.60. The molecule has 29 heavy (non-hydrogen) atoms. The van der Waals surface area contributed by atoms with E-state index in [4.69, 9.17) is 9.47 Å². The Balaban J connectivity index is 1.60. The molecule has 1 aromatic carbocycles. The first-order valence-electron chi connectivity index (χ1n) is 9.49. The van der Waals surface area contributed by atoms with E-state index in [2.05, 4.69) is 15.6 Å². The summed E-state index contributed by atoms with van der Waals surface area (Å²) in [5.41, 5.74) is 0.858. The van der Waals surface area contributed by atoms with Crippen molar-refractivity contribution in [2.75, 3.05) is 32.6 Å². The number of piperidine rings is 1. The van der Waals surface area contributed by atoms with Crippen LogP contribution in [0.1, 0.15) is 31.4 Å². The van der Waals surface area contributed by atoms with Gasteiger partial charge in [-0.05, 0) is 31.9 Å². The highest BCUT2D eigenvalue weighted by Crippen LogP contribution is 2.29. The topological polar surface area (TPSA) is 92.8 Å². The molecule has 0 spiro atoms. The van der Waals surface area contributed by atoms with Crippen molar-refractivity contribution in [2.24, 2.45) is 5.92 Å². The summed E-state index contributed by atoms with van der Waals surface area (Å²) in [7, 11) is 3.18. The fourth-order valence-electron chi connectivity index (χ4n) is 3.40. The quantitative estimate of drug-likeness (QED) is 0.751. The van der Waals surface area contributed by atoms with Crippen LogP contribution in [-0.4, -0.2) is 49.1 Å². The van der Waals surface area contributed by atoms with Gasteiger partial charge in [0.15, 0.2) is 5.13 Å². The molecule has 0 radical (unpaired) electrons. The highest BCUT2D eigenvalue weighted by Gasteiger charge is 2.29. The van der Waals surface area contributed by atoms with E-state index < -0.39 is 0 Å². The van der Waals surface area contributed by atoms with E-state index in [1.807, 2.05) is 24.4 Å². The Morgan fingerprint density at radius 2 is 2.14 bits per heavy atom. The average molecular weight is 419 g/mol. The van der Waals surface area contributed by atoms with Gasteiger partial charge >= 0.3 is 6.03 Å². The van der Waals surface area contributed by atoms with Gasteiger partial charge in [-0.1, -0.05) is 0 Å². The van der Waals surface area contributed by atoms with Gasteiger partial charge in [0, 0.05) is 36.3 Å². The molecule has 2 unspecified atom stereocenters. The number of carbonyl (C=O) groups is 2. The number of methoxy groups -OCH3 is 2. The first kappa shape index (κ1) is 20.9. The summed E-state index contributed by atoms with van der Waals surface area (Å²) in [6.07, 6.45) is 3.18. The van der Waals surface area contributed by atoms with Crippen molar-refractivity contribution in [3.63, 3.8) is 0 Å². The lowest BCUT2D eigenvalue weighted by atomic mass is 9.97. The predicted octanol–water partition coefficient (Wildman–Crippen LogP) is 3.28. The number of amides is 3. The maximum atomic E-state index is 12.8. The zero-order valence-corrected chi connectivity index (χ0v) is 17.6. The number of rotatable bonds is 6. The van der Waals surface area contributed by atoms with E-state index in [1.54, 1.807) is 31.4 Å². The molecule has 1 aromatic heterocycles. The molecule has 2 atom stereocenters. The Bertz CT molecular complexity index is 843. The van der Waals surface area contributed by atoms with Crippen LogP contribution in [0.2, 0.25) is 0 Å². The number of carbonyl (C=O) groups excluding carboxylic acids is 2. The number of ether oxygens (including phenoxy) is 2. The Kier molecular flexibility index (Phi) is 6.92. The van der Waals surface area contributed by atoms with Crippen LogP contribution in [0.4, 0.5) is 9.93 Å². The summed E-state index contributed by atoms with van der Waals surface area (Å²) in [5, 5.41) is 8.22. The number of hydrogen-bond donors (Lipinski definition) is 2. The van der Waals surface area contributed by atoms with Crippen LogP contribution in [0.5, 0.6) is 11.5 Å². The summed E-state index contributed by atoms with van der Waals surface area (Å²) < 4.78 is 10.7. The lowest BCUT2D eigenvalue weighted by molar-refractivity contribution is -0.121. The molecule has 8 nitrogen and oxygen atoms in total. The minimum Gasteiger partial charge on any atom is -0.497 e. The predicted molar refractivity (Wildman–Crippen MR) is 112 cm³/mol. The second-order valence-corrected chi connectivity index (χ2v) is 7.79. The molecule has 3 amide bonds. The Labute approximate surface area is 174 Å². The third-order valence-electron chi connectivity index (χ3n) is 4.99. The molecule has 9 heteroatoms. The van der Waals surface area contributed by atoms with Gasteiger partial charge in [0.05, 0.1) is 26.2 Å². The van der Waals surface area contributed by atoms with Crippen LogP contribution in [0.15, 0.2) is 29.8 Å². The van der Waals surface area contributed by atoms with E-state index in [0.717, 1.165) is 18.4 Å². The van der Waals surface area contributed by atoms with E-state index in [0.29, 0.717) is 29.7 Å². The fraction of sp³-hybridized carbons (Fsp3) is 0.450. The molecule has 156 valence electrons. The normalized spacial score (nSPS) is 17.3. The third kappa shape index (κ3) is 5.17. The maximum Gasteiger partial charge on any atom is 0.317 e. The molecule has 0 bridgehead atoms. The zero-order valence-electron chi connectivity index (χ0n) is 16.8. The van der Waals surface area contributed by atoms with Crippen LogP contribution in [0, 0.1) is 5.92 Å². The van der Waals surface area contributed by atoms with Gasteiger partial charge in [-0.2, -0.15) is 0 Å². The highest BCUT2D eigenvalue weighted by atomic mass is 32.1. The smallest absolute Gasteiger partial charge is 0.317 e. The van der Waals surface area contributed by atoms with Crippen LogP contribution < -0.4 is 20.1 Å². The van der Waals surface area contributed by atoms with E-state index >= 15 is 0 Å². The number of anilines is 1. The van der Waals surface area contributed by atoms with Crippen LogP contribution in [0.25, 0.3) is 0 Å². The largest absolute Gasteiger partial charge is 0.497 e. The third-order valence-corrected chi connectivity index (χ3v) is 5.68. The maximum absolute atomic E-state index is 12.8. The number of likely N-dealkylation sites (tertiary alicyclic amines) is 1. The average Bonchev–Trinajstić information content (AvgIpc) is 3.26. The number of aromatic nitrogens is 1. The Morgan fingerprint density at radius 3 is 2.83 bits per heavy atom. The van der Waals surface area contributed by atoms with E-state index in [-0.39, 0.29) is 23.9 Å². The van der Waals surface area contributed by atoms with Crippen molar-refractivity contribution in [3.8, 4) is 11.5 Å². The molecule has 0 aliphatic carbocycles. The minimum absolute atomic E-state index is 0.0951. The SMILES string of the molecule is COc1ccc(C(C)NC(=O)N2CCCC(C(=O)Nc3nccs3)C2)c(OC)c1.